The number of hydrogen-bond acceptors (Lipinski definition) is 3. The molecule has 0 aliphatic heterocycles. The first-order valence-corrected chi connectivity index (χ1v) is 8.58. The Bertz CT molecular complexity index is 864. The summed E-state index contributed by atoms with van der Waals surface area (Å²) in [5, 5.41) is 3.41. The highest BCUT2D eigenvalue weighted by atomic mass is 16.2. The van der Waals surface area contributed by atoms with E-state index in [1.165, 1.54) is 47.6 Å². The predicted molar refractivity (Wildman–Crippen MR) is 95.3 cm³/mol. The van der Waals surface area contributed by atoms with E-state index in [1.54, 1.807) is 13.2 Å². The molecule has 1 aromatic heterocycles. The first-order chi connectivity index (χ1) is 11.5. The monoisotopic (exact) mass is 327 g/mol. The van der Waals surface area contributed by atoms with Gasteiger partial charge >= 0.3 is 5.69 Å². The van der Waals surface area contributed by atoms with Gasteiger partial charge in [-0.1, -0.05) is 18.2 Å². The van der Waals surface area contributed by atoms with Crippen molar-refractivity contribution in [2.75, 3.05) is 0 Å². The van der Waals surface area contributed by atoms with Gasteiger partial charge in [0.25, 0.3) is 5.56 Å². The Morgan fingerprint density at radius 3 is 2.58 bits per heavy atom. The minimum Gasteiger partial charge on any atom is -0.306 e. The number of hydrogen-bond donors (Lipinski definition) is 1. The highest BCUT2D eigenvalue weighted by Gasteiger charge is 2.13. The van der Waals surface area contributed by atoms with Gasteiger partial charge in [-0.05, 0) is 49.3 Å². The average Bonchev–Trinajstić information content (AvgIpc) is 2.61. The average molecular weight is 327 g/mol. The van der Waals surface area contributed by atoms with Crippen molar-refractivity contribution >= 4 is 0 Å². The van der Waals surface area contributed by atoms with Crippen LogP contribution < -0.4 is 16.6 Å². The standard InChI is InChI=1S/C19H25N3O2/c1-13(15-9-8-14-6-4-5-7-16(14)10-15)20-11-17-12-21(2)19(24)22(3)18(17)23/h8-10,12-13,20H,4-7,11H2,1-3H3. The van der Waals surface area contributed by atoms with Crippen LogP contribution in [-0.2, 0) is 33.5 Å². The van der Waals surface area contributed by atoms with Gasteiger partial charge in [0.2, 0.25) is 0 Å². The van der Waals surface area contributed by atoms with Crippen LogP contribution in [0.3, 0.4) is 0 Å². The van der Waals surface area contributed by atoms with Crippen molar-refractivity contribution < 1.29 is 0 Å². The first-order valence-electron chi connectivity index (χ1n) is 8.58. The van der Waals surface area contributed by atoms with Crippen LogP contribution in [0.25, 0.3) is 0 Å². The SMILES string of the molecule is CC(NCc1cn(C)c(=O)n(C)c1=O)c1ccc2c(c1)CCCC2. The maximum Gasteiger partial charge on any atom is 0.330 e. The second-order valence-corrected chi connectivity index (χ2v) is 6.75. The second kappa shape index (κ2) is 6.77. The summed E-state index contributed by atoms with van der Waals surface area (Å²) in [5.41, 5.74) is 4.26. The molecule has 1 unspecified atom stereocenters. The lowest BCUT2D eigenvalue weighted by Crippen LogP contribution is -2.39. The topological polar surface area (TPSA) is 56.0 Å². The summed E-state index contributed by atoms with van der Waals surface area (Å²) >= 11 is 0. The molecule has 128 valence electrons. The highest BCUT2D eigenvalue weighted by Crippen LogP contribution is 2.24. The molecule has 2 aromatic rings. The smallest absolute Gasteiger partial charge is 0.306 e. The Hall–Kier alpha value is -2.14. The molecule has 0 saturated heterocycles. The van der Waals surface area contributed by atoms with Gasteiger partial charge in [0.05, 0.1) is 0 Å². The van der Waals surface area contributed by atoms with Gasteiger partial charge in [-0.25, -0.2) is 4.79 Å². The molecule has 1 aliphatic rings. The highest BCUT2D eigenvalue weighted by molar-refractivity contribution is 5.35. The quantitative estimate of drug-likeness (QED) is 0.932. The van der Waals surface area contributed by atoms with Crippen molar-refractivity contribution in [2.24, 2.45) is 14.1 Å². The van der Waals surface area contributed by atoms with Crippen molar-refractivity contribution in [3.8, 4) is 0 Å². The molecule has 0 spiro atoms. The fourth-order valence-electron chi connectivity index (χ4n) is 3.41. The van der Waals surface area contributed by atoms with Gasteiger partial charge < -0.3 is 9.88 Å². The lowest BCUT2D eigenvalue weighted by molar-refractivity contribution is 0.557. The summed E-state index contributed by atoms with van der Waals surface area (Å²) in [6.07, 6.45) is 6.53. The summed E-state index contributed by atoms with van der Waals surface area (Å²) in [4.78, 5) is 23.9. The molecule has 0 saturated carbocycles. The van der Waals surface area contributed by atoms with Crippen LogP contribution in [0.1, 0.15) is 48.1 Å². The third-order valence-corrected chi connectivity index (χ3v) is 4.99. The van der Waals surface area contributed by atoms with Crippen LogP contribution in [-0.4, -0.2) is 9.13 Å². The van der Waals surface area contributed by atoms with Gasteiger partial charge in [0.1, 0.15) is 0 Å². The van der Waals surface area contributed by atoms with E-state index in [9.17, 15) is 9.59 Å². The molecule has 1 aromatic carbocycles. The van der Waals surface area contributed by atoms with E-state index >= 15 is 0 Å². The zero-order chi connectivity index (χ0) is 17.3. The molecule has 1 N–H and O–H groups in total. The molecule has 24 heavy (non-hydrogen) atoms. The number of benzene rings is 1. The van der Waals surface area contributed by atoms with Crippen molar-refractivity contribution in [3.05, 3.63) is 67.5 Å². The molecule has 0 fully saturated rings. The zero-order valence-electron chi connectivity index (χ0n) is 14.6. The van der Waals surface area contributed by atoms with E-state index in [4.69, 9.17) is 0 Å². The first kappa shape index (κ1) is 16.7. The maximum absolute atomic E-state index is 12.2. The molecule has 3 rings (SSSR count). The molecule has 1 heterocycles. The summed E-state index contributed by atoms with van der Waals surface area (Å²) in [5.74, 6) is 0. The minimum atomic E-state index is -0.300. The number of aromatic nitrogens is 2. The summed E-state index contributed by atoms with van der Waals surface area (Å²) in [6.45, 7) is 2.55. The molecule has 1 aliphatic carbocycles. The number of nitrogens with one attached hydrogen (secondary N) is 1. The Morgan fingerprint density at radius 2 is 1.83 bits per heavy atom. The van der Waals surface area contributed by atoms with Gasteiger partial charge in [0.15, 0.2) is 0 Å². The van der Waals surface area contributed by atoms with E-state index in [0.29, 0.717) is 12.1 Å². The lowest BCUT2D eigenvalue weighted by Gasteiger charge is -2.20. The number of fused-ring (bicyclic) bond motifs is 1. The van der Waals surface area contributed by atoms with Crippen LogP contribution >= 0.6 is 0 Å². The Morgan fingerprint density at radius 1 is 1.12 bits per heavy atom. The molecule has 5 nitrogen and oxygen atoms in total. The fraction of sp³-hybridized carbons (Fsp3) is 0.474. The van der Waals surface area contributed by atoms with Crippen molar-refractivity contribution in [1.29, 1.82) is 0 Å². The second-order valence-electron chi connectivity index (χ2n) is 6.75. The summed E-state index contributed by atoms with van der Waals surface area (Å²) in [6, 6.07) is 6.87. The van der Waals surface area contributed by atoms with Crippen molar-refractivity contribution in [1.82, 2.24) is 14.5 Å². The van der Waals surface area contributed by atoms with Crippen molar-refractivity contribution in [2.45, 2.75) is 45.2 Å². The third kappa shape index (κ3) is 3.22. The van der Waals surface area contributed by atoms with Crippen LogP contribution in [0, 0.1) is 0 Å². The molecule has 0 amide bonds. The van der Waals surface area contributed by atoms with Gasteiger partial charge in [-0.3, -0.25) is 9.36 Å². The van der Waals surface area contributed by atoms with Crippen LogP contribution in [0.2, 0.25) is 0 Å². The fourth-order valence-corrected chi connectivity index (χ4v) is 3.41. The summed E-state index contributed by atoms with van der Waals surface area (Å²) in [7, 11) is 3.18. The van der Waals surface area contributed by atoms with Crippen LogP contribution in [0.4, 0.5) is 0 Å². The Kier molecular flexibility index (Phi) is 4.71. The summed E-state index contributed by atoms with van der Waals surface area (Å²) < 4.78 is 2.60. The maximum atomic E-state index is 12.2. The normalized spacial score (nSPS) is 15.1. The van der Waals surface area contributed by atoms with Crippen LogP contribution in [0.15, 0.2) is 34.0 Å². The molecule has 0 radical (unpaired) electrons. The molecule has 0 bridgehead atoms. The molecular formula is C19H25N3O2. The molecular weight excluding hydrogens is 302 g/mol. The van der Waals surface area contributed by atoms with Gasteiger partial charge in [-0.2, -0.15) is 0 Å². The molecule has 5 heteroatoms. The zero-order valence-corrected chi connectivity index (χ0v) is 14.6. The van der Waals surface area contributed by atoms with E-state index in [0.717, 1.165) is 11.0 Å². The van der Waals surface area contributed by atoms with E-state index < -0.39 is 0 Å². The predicted octanol–water partition coefficient (Wildman–Crippen LogP) is 1.81. The Balaban J connectivity index is 1.75. The third-order valence-electron chi connectivity index (χ3n) is 4.99. The minimum absolute atomic E-state index is 0.152. The van der Waals surface area contributed by atoms with E-state index in [-0.39, 0.29) is 17.3 Å². The number of aryl methyl sites for hydroxylation is 3. The van der Waals surface area contributed by atoms with E-state index in [1.807, 2.05) is 0 Å². The largest absolute Gasteiger partial charge is 0.330 e. The van der Waals surface area contributed by atoms with Crippen molar-refractivity contribution in [3.63, 3.8) is 0 Å². The van der Waals surface area contributed by atoms with Crippen LogP contribution in [0.5, 0.6) is 0 Å². The lowest BCUT2D eigenvalue weighted by atomic mass is 9.89. The number of rotatable bonds is 4. The van der Waals surface area contributed by atoms with E-state index in [2.05, 4.69) is 30.4 Å². The van der Waals surface area contributed by atoms with Gasteiger partial charge in [-0.15, -0.1) is 0 Å². The molecule has 1 atom stereocenters. The Labute approximate surface area is 141 Å². The van der Waals surface area contributed by atoms with Gasteiger partial charge in [0, 0.05) is 38.4 Å². The number of nitrogens with zero attached hydrogens (tertiary/aromatic N) is 2.